The first kappa shape index (κ1) is 39.7. The molecule has 6 nitrogen and oxygen atoms in total. The molecule has 0 bridgehead atoms. The molecule has 276 valence electrons. The first-order valence-corrected chi connectivity index (χ1v) is 21.6. The molecule has 53 heavy (non-hydrogen) atoms. The number of aromatic nitrogens is 1. The minimum Gasteiger partial charge on any atom is -0.469 e. The maximum absolute atomic E-state index is 14.9. The monoisotopic (exact) mass is 749 g/mol. The van der Waals surface area contributed by atoms with E-state index in [9.17, 15) is 13.8 Å². The number of carbonyl (C=O) groups is 1. The van der Waals surface area contributed by atoms with Gasteiger partial charge < -0.3 is 13.7 Å². The van der Waals surface area contributed by atoms with E-state index in [1.807, 2.05) is 72.8 Å². The first-order chi connectivity index (χ1) is 25.3. The number of carbonyl (C=O) groups excluding carboxylic acids is 1. The SMILES string of the molecule is COC(=O)C[C@@H](CP(=O)(/C=C/c1c(-c2ccc(F)cc2)cc(-c2ccccc2)nc1C(C)C)OC)O[Si](c1ccccc1)(c1ccccc1)C(C)(C)C. The number of hydrogen-bond donors (Lipinski definition) is 0. The molecule has 1 heterocycles. The molecule has 0 aliphatic rings. The molecule has 0 saturated carbocycles. The van der Waals surface area contributed by atoms with Crippen molar-refractivity contribution in [2.75, 3.05) is 20.4 Å². The Morgan fingerprint density at radius 1 is 0.830 bits per heavy atom. The largest absolute Gasteiger partial charge is 0.469 e. The van der Waals surface area contributed by atoms with E-state index in [0.29, 0.717) is 0 Å². The Kier molecular flexibility index (Phi) is 12.8. The average molecular weight is 750 g/mol. The van der Waals surface area contributed by atoms with Crippen molar-refractivity contribution in [3.05, 3.63) is 144 Å². The van der Waals surface area contributed by atoms with Crippen LogP contribution in [0.1, 0.15) is 58.2 Å². The van der Waals surface area contributed by atoms with E-state index in [-0.39, 0.29) is 29.4 Å². The van der Waals surface area contributed by atoms with Crippen molar-refractivity contribution in [1.82, 2.24) is 4.98 Å². The third-order valence-electron chi connectivity index (χ3n) is 9.48. The Balaban J connectivity index is 1.64. The van der Waals surface area contributed by atoms with Gasteiger partial charge in [-0.15, -0.1) is 0 Å². The number of nitrogens with zero attached hydrogens (tertiary/aromatic N) is 1. The zero-order valence-corrected chi connectivity index (χ0v) is 33.5. The number of halogens is 1. The van der Waals surface area contributed by atoms with E-state index in [2.05, 4.69) is 58.9 Å². The van der Waals surface area contributed by atoms with Crippen LogP contribution < -0.4 is 10.4 Å². The van der Waals surface area contributed by atoms with Crippen LogP contribution in [0, 0.1) is 5.82 Å². The number of pyridine rings is 1. The van der Waals surface area contributed by atoms with Crippen LogP contribution in [-0.4, -0.2) is 45.8 Å². The van der Waals surface area contributed by atoms with Crippen LogP contribution in [0.5, 0.6) is 0 Å². The molecular formula is C44H49FNO5PSi. The molecule has 5 rings (SSSR count). The minimum atomic E-state index is -3.63. The van der Waals surface area contributed by atoms with Gasteiger partial charge >= 0.3 is 5.97 Å². The van der Waals surface area contributed by atoms with Crippen molar-refractivity contribution >= 4 is 38.1 Å². The molecule has 0 radical (unpaired) electrons. The molecule has 4 aromatic carbocycles. The standard InChI is InChI=1S/C44H49FNO5PSi/c1-32(2)43-39(40(33-23-25-35(45)26-24-33)30-41(46-43)34-17-11-8-12-18-34)27-28-52(48,50-7)31-36(29-42(47)49-6)51-53(44(3,4)5,37-19-13-9-14-20-37)38-21-15-10-16-22-38/h8-28,30,32,36H,29,31H2,1-7H3/b28-27+/t36-,52?/m0/s1. The maximum Gasteiger partial charge on any atom is 0.308 e. The van der Waals surface area contributed by atoms with E-state index in [1.54, 1.807) is 24.0 Å². The molecule has 1 aromatic heterocycles. The molecule has 0 aliphatic heterocycles. The predicted octanol–water partition coefficient (Wildman–Crippen LogP) is 10.1. The first-order valence-electron chi connectivity index (χ1n) is 17.9. The van der Waals surface area contributed by atoms with E-state index in [0.717, 1.165) is 44.0 Å². The summed E-state index contributed by atoms with van der Waals surface area (Å²) in [6.07, 6.45) is 0.799. The van der Waals surface area contributed by atoms with Gasteiger partial charge in [-0.1, -0.05) is 138 Å². The number of rotatable bonds is 14. The molecular weight excluding hydrogens is 701 g/mol. The van der Waals surface area contributed by atoms with Crippen molar-refractivity contribution in [3.63, 3.8) is 0 Å². The Morgan fingerprint density at radius 3 is 1.87 bits per heavy atom. The lowest BCUT2D eigenvalue weighted by Crippen LogP contribution is -2.68. The Morgan fingerprint density at radius 2 is 1.38 bits per heavy atom. The lowest BCUT2D eigenvalue weighted by molar-refractivity contribution is -0.142. The minimum absolute atomic E-state index is 0.00926. The van der Waals surface area contributed by atoms with Crippen LogP contribution in [0.25, 0.3) is 28.5 Å². The van der Waals surface area contributed by atoms with Gasteiger partial charge in [0.2, 0.25) is 7.37 Å². The topological polar surface area (TPSA) is 74.7 Å². The van der Waals surface area contributed by atoms with E-state index < -0.39 is 27.8 Å². The van der Waals surface area contributed by atoms with Crippen molar-refractivity contribution < 1.29 is 27.4 Å². The fraction of sp³-hybridized carbons (Fsp3) is 0.273. The van der Waals surface area contributed by atoms with E-state index >= 15 is 0 Å². The van der Waals surface area contributed by atoms with Crippen LogP contribution >= 0.6 is 7.37 Å². The van der Waals surface area contributed by atoms with Crippen molar-refractivity contribution in [2.24, 2.45) is 0 Å². The second-order valence-corrected chi connectivity index (χ2v) is 21.2. The zero-order chi connectivity index (χ0) is 38.2. The fourth-order valence-electron chi connectivity index (χ4n) is 6.84. The summed E-state index contributed by atoms with van der Waals surface area (Å²) in [5.41, 5.74) is 4.87. The molecule has 0 spiro atoms. The highest BCUT2D eigenvalue weighted by Crippen LogP contribution is 2.51. The van der Waals surface area contributed by atoms with Crippen LogP contribution in [0.15, 0.2) is 127 Å². The molecule has 0 saturated heterocycles. The average Bonchev–Trinajstić information content (AvgIpc) is 3.16. The van der Waals surface area contributed by atoms with Crippen LogP contribution in [0.2, 0.25) is 5.04 Å². The summed E-state index contributed by atoms with van der Waals surface area (Å²) in [7, 11) is -4.03. The molecule has 2 atom stereocenters. The van der Waals surface area contributed by atoms with Gasteiger partial charge in [-0.05, 0) is 56.7 Å². The predicted molar refractivity (Wildman–Crippen MR) is 217 cm³/mol. The third kappa shape index (κ3) is 9.20. The summed E-state index contributed by atoms with van der Waals surface area (Å²) in [6.45, 7) is 10.6. The Hall–Kier alpha value is -4.46. The van der Waals surface area contributed by atoms with Gasteiger partial charge in [-0.2, -0.15) is 0 Å². The Bertz CT molecular complexity index is 2010. The summed E-state index contributed by atoms with van der Waals surface area (Å²) in [5.74, 6) is 0.782. The van der Waals surface area contributed by atoms with Crippen LogP contribution in [0.4, 0.5) is 4.39 Å². The van der Waals surface area contributed by atoms with Gasteiger partial charge in [-0.25, -0.2) is 4.39 Å². The summed E-state index contributed by atoms with van der Waals surface area (Å²) in [5, 5.41) is 1.68. The highest BCUT2D eigenvalue weighted by atomic mass is 31.2. The summed E-state index contributed by atoms with van der Waals surface area (Å²) < 4.78 is 47.4. The van der Waals surface area contributed by atoms with Crippen LogP contribution in [0.3, 0.4) is 0 Å². The molecule has 0 aliphatic carbocycles. The van der Waals surface area contributed by atoms with Crippen molar-refractivity contribution in [3.8, 4) is 22.4 Å². The second-order valence-electron chi connectivity index (χ2n) is 14.5. The molecule has 0 fully saturated rings. The molecule has 9 heteroatoms. The van der Waals surface area contributed by atoms with Crippen molar-refractivity contribution in [2.45, 2.75) is 58.1 Å². The van der Waals surface area contributed by atoms with Gasteiger partial charge in [-0.3, -0.25) is 14.3 Å². The van der Waals surface area contributed by atoms with E-state index in [4.69, 9.17) is 18.7 Å². The molecule has 0 N–H and O–H groups in total. The van der Waals surface area contributed by atoms with E-state index in [1.165, 1.54) is 26.4 Å². The lowest BCUT2D eigenvalue weighted by atomic mass is 9.92. The number of benzene rings is 4. The van der Waals surface area contributed by atoms with Gasteiger partial charge in [0, 0.05) is 24.1 Å². The second kappa shape index (κ2) is 17.1. The quantitative estimate of drug-likeness (QED) is 0.0640. The molecule has 1 unspecified atom stereocenters. The smallest absolute Gasteiger partial charge is 0.308 e. The summed E-state index contributed by atoms with van der Waals surface area (Å²) >= 11 is 0. The highest BCUT2D eigenvalue weighted by molar-refractivity contribution is 7.62. The zero-order valence-electron chi connectivity index (χ0n) is 31.6. The number of methoxy groups -OCH3 is 1. The van der Waals surface area contributed by atoms with Gasteiger partial charge in [0.15, 0.2) is 0 Å². The normalized spacial score (nSPS) is 13.9. The number of esters is 1. The van der Waals surface area contributed by atoms with Crippen LogP contribution in [-0.2, 0) is 23.0 Å². The third-order valence-corrected chi connectivity index (χ3v) is 16.7. The molecule has 5 aromatic rings. The van der Waals surface area contributed by atoms with Gasteiger partial charge in [0.1, 0.15) is 5.82 Å². The number of ether oxygens (including phenoxy) is 1. The molecule has 0 amide bonds. The fourth-order valence-corrected chi connectivity index (χ4v) is 13.2. The Labute approximate surface area is 314 Å². The van der Waals surface area contributed by atoms with Gasteiger partial charge in [0.05, 0.1) is 37.2 Å². The summed E-state index contributed by atoms with van der Waals surface area (Å²) in [4.78, 5) is 18.1. The highest BCUT2D eigenvalue weighted by Gasteiger charge is 2.52. The van der Waals surface area contributed by atoms with Crippen molar-refractivity contribution in [1.29, 1.82) is 0 Å². The summed E-state index contributed by atoms with van der Waals surface area (Å²) in [6, 6.07) is 38.4. The lowest BCUT2D eigenvalue weighted by Gasteiger charge is -2.45. The maximum atomic E-state index is 14.9. The number of hydrogen-bond acceptors (Lipinski definition) is 6. The van der Waals surface area contributed by atoms with Gasteiger partial charge in [0.25, 0.3) is 8.32 Å².